The topological polar surface area (TPSA) is 20.2 Å². The Labute approximate surface area is 51.4 Å². The van der Waals surface area contributed by atoms with Crippen molar-refractivity contribution in [2.45, 2.75) is 37.9 Å². The van der Waals surface area contributed by atoms with Gasteiger partial charge in [-0.25, -0.2) is 0 Å². The van der Waals surface area contributed by atoms with E-state index in [4.69, 9.17) is 5.02 Å². The average Bonchev–Trinajstić information content (AvgIpc) is 1.90. The SMILES string of the molecule is O[B]C1CCCCC1. The van der Waals surface area contributed by atoms with Crippen LogP contribution in [0.1, 0.15) is 32.1 Å². The zero-order valence-corrected chi connectivity index (χ0v) is 5.14. The Balaban J connectivity index is 2.13. The van der Waals surface area contributed by atoms with E-state index in [2.05, 4.69) is 0 Å². The normalized spacial score (nSPS) is 23.1. The molecule has 0 aromatic carbocycles. The van der Waals surface area contributed by atoms with E-state index >= 15 is 0 Å². The summed E-state index contributed by atoms with van der Waals surface area (Å²) in [6, 6.07) is 0. The van der Waals surface area contributed by atoms with Crippen LogP contribution in [0.2, 0.25) is 5.82 Å². The fourth-order valence-electron chi connectivity index (χ4n) is 1.28. The van der Waals surface area contributed by atoms with E-state index < -0.39 is 0 Å². The lowest BCUT2D eigenvalue weighted by Crippen LogP contribution is -2.06. The predicted octanol–water partition coefficient (Wildman–Crippen LogP) is 1.35. The first kappa shape index (κ1) is 6.15. The zero-order valence-electron chi connectivity index (χ0n) is 5.14. The van der Waals surface area contributed by atoms with E-state index in [-0.39, 0.29) is 0 Å². The van der Waals surface area contributed by atoms with Crippen LogP contribution in [0.5, 0.6) is 0 Å². The van der Waals surface area contributed by atoms with Gasteiger partial charge in [-0.05, 0) is 5.82 Å². The highest BCUT2D eigenvalue weighted by atomic mass is 16.2. The largest absolute Gasteiger partial charge is 0.454 e. The molecule has 1 radical (unpaired) electrons. The standard InChI is InChI=1S/C6H12BO/c8-7-6-4-2-1-3-5-6/h6,8H,1-5H2. The summed E-state index contributed by atoms with van der Waals surface area (Å²) in [5, 5.41) is 8.57. The summed E-state index contributed by atoms with van der Waals surface area (Å²) in [4.78, 5) is 0. The van der Waals surface area contributed by atoms with Crippen molar-refractivity contribution in [3.05, 3.63) is 0 Å². The number of rotatable bonds is 1. The first-order valence-electron chi connectivity index (χ1n) is 3.41. The molecule has 2 heteroatoms. The summed E-state index contributed by atoms with van der Waals surface area (Å²) in [6.07, 6.45) is 6.39. The van der Waals surface area contributed by atoms with Gasteiger partial charge in [0.15, 0.2) is 0 Å². The van der Waals surface area contributed by atoms with Crippen LogP contribution in [0.3, 0.4) is 0 Å². The molecule has 1 nitrogen and oxygen atoms in total. The first-order chi connectivity index (χ1) is 3.93. The van der Waals surface area contributed by atoms with Crippen molar-refractivity contribution in [3.8, 4) is 0 Å². The van der Waals surface area contributed by atoms with Crippen LogP contribution in [0, 0.1) is 0 Å². The number of hydrogen-bond acceptors (Lipinski definition) is 1. The molecule has 1 saturated carbocycles. The molecule has 1 N–H and O–H groups in total. The molecule has 1 aliphatic carbocycles. The molecule has 0 atom stereocenters. The molecule has 0 aromatic rings. The minimum atomic E-state index is 0.517. The summed E-state index contributed by atoms with van der Waals surface area (Å²) in [5.41, 5.74) is 0. The Kier molecular flexibility index (Phi) is 2.41. The molecule has 8 heavy (non-hydrogen) atoms. The zero-order chi connectivity index (χ0) is 5.82. The summed E-state index contributed by atoms with van der Waals surface area (Å²) < 4.78 is 0. The van der Waals surface area contributed by atoms with Gasteiger partial charge in [0.1, 0.15) is 0 Å². The van der Waals surface area contributed by atoms with Crippen molar-refractivity contribution in [3.63, 3.8) is 0 Å². The minimum absolute atomic E-state index is 0.517. The Morgan fingerprint density at radius 1 is 1.12 bits per heavy atom. The molecule has 1 rings (SSSR count). The monoisotopic (exact) mass is 111 g/mol. The Morgan fingerprint density at radius 3 is 2.12 bits per heavy atom. The molecular weight excluding hydrogens is 98.9 g/mol. The smallest absolute Gasteiger partial charge is 0.290 e. The maximum atomic E-state index is 8.57. The molecule has 0 heterocycles. The van der Waals surface area contributed by atoms with Gasteiger partial charge in [-0.1, -0.05) is 32.1 Å². The Bertz CT molecular complexity index is 59.5. The van der Waals surface area contributed by atoms with Gasteiger partial charge in [0.05, 0.1) is 0 Å². The Morgan fingerprint density at radius 2 is 1.75 bits per heavy atom. The van der Waals surface area contributed by atoms with E-state index in [1.54, 1.807) is 0 Å². The molecule has 0 spiro atoms. The second-order valence-corrected chi connectivity index (χ2v) is 2.55. The van der Waals surface area contributed by atoms with Crippen LogP contribution in [0.15, 0.2) is 0 Å². The molecule has 45 valence electrons. The van der Waals surface area contributed by atoms with Gasteiger partial charge in [-0.15, -0.1) is 0 Å². The highest BCUT2D eigenvalue weighted by molar-refractivity contribution is 6.27. The summed E-state index contributed by atoms with van der Waals surface area (Å²) in [7, 11) is 1.36. The van der Waals surface area contributed by atoms with E-state index in [0.29, 0.717) is 5.82 Å². The highest BCUT2D eigenvalue weighted by Crippen LogP contribution is 2.26. The van der Waals surface area contributed by atoms with Crippen LogP contribution in [-0.4, -0.2) is 12.5 Å². The highest BCUT2D eigenvalue weighted by Gasteiger charge is 2.12. The fourth-order valence-corrected chi connectivity index (χ4v) is 1.28. The fraction of sp³-hybridized carbons (Fsp3) is 1.00. The Hall–Kier alpha value is 0.0249. The van der Waals surface area contributed by atoms with Gasteiger partial charge in [0.25, 0.3) is 7.48 Å². The molecular formula is C6H12BO. The van der Waals surface area contributed by atoms with Gasteiger partial charge in [-0.3, -0.25) is 0 Å². The van der Waals surface area contributed by atoms with Gasteiger partial charge >= 0.3 is 0 Å². The lowest BCUT2D eigenvalue weighted by Gasteiger charge is -2.17. The van der Waals surface area contributed by atoms with Crippen molar-refractivity contribution in [1.82, 2.24) is 0 Å². The average molecular weight is 111 g/mol. The maximum Gasteiger partial charge on any atom is 0.290 e. The van der Waals surface area contributed by atoms with Crippen LogP contribution in [-0.2, 0) is 0 Å². The molecule has 1 fully saturated rings. The predicted molar refractivity (Wildman–Crippen MR) is 34.8 cm³/mol. The van der Waals surface area contributed by atoms with Gasteiger partial charge in [0.2, 0.25) is 0 Å². The van der Waals surface area contributed by atoms with Crippen molar-refractivity contribution in [1.29, 1.82) is 0 Å². The molecule has 0 unspecified atom stereocenters. The first-order valence-corrected chi connectivity index (χ1v) is 3.41. The molecule has 1 aliphatic rings. The summed E-state index contributed by atoms with van der Waals surface area (Å²) in [5.74, 6) is 0.517. The van der Waals surface area contributed by atoms with Crippen LogP contribution in [0.25, 0.3) is 0 Å². The van der Waals surface area contributed by atoms with Crippen LogP contribution in [0.4, 0.5) is 0 Å². The number of hydrogen-bond donors (Lipinski definition) is 1. The van der Waals surface area contributed by atoms with E-state index in [0.717, 1.165) is 0 Å². The molecule has 0 aliphatic heterocycles. The third-order valence-electron chi connectivity index (χ3n) is 1.86. The maximum absolute atomic E-state index is 8.57. The third kappa shape index (κ3) is 1.51. The minimum Gasteiger partial charge on any atom is -0.454 e. The van der Waals surface area contributed by atoms with E-state index in [9.17, 15) is 0 Å². The van der Waals surface area contributed by atoms with Crippen LogP contribution < -0.4 is 0 Å². The van der Waals surface area contributed by atoms with Crippen molar-refractivity contribution >= 4 is 7.48 Å². The third-order valence-corrected chi connectivity index (χ3v) is 1.86. The molecule has 0 bridgehead atoms. The van der Waals surface area contributed by atoms with Gasteiger partial charge in [-0.2, -0.15) is 0 Å². The van der Waals surface area contributed by atoms with E-state index in [1.165, 1.54) is 39.6 Å². The lowest BCUT2D eigenvalue weighted by atomic mass is 9.71. The molecule has 0 amide bonds. The van der Waals surface area contributed by atoms with E-state index in [1.807, 2.05) is 0 Å². The molecule has 0 saturated heterocycles. The van der Waals surface area contributed by atoms with Crippen molar-refractivity contribution in [2.24, 2.45) is 0 Å². The van der Waals surface area contributed by atoms with Crippen molar-refractivity contribution < 1.29 is 5.02 Å². The molecule has 0 aromatic heterocycles. The lowest BCUT2D eigenvalue weighted by molar-refractivity contribution is 0.465. The summed E-state index contributed by atoms with van der Waals surface area (Å²) >= 11 is 0. The quantitative estimate of drug-likeness (QED) is 0.506. The van der Waals surface area contributed by atoms with Crippen LogP contribution >= 0.6 is 0 Å². The second kappa shape index (κ2) is 3.13. The summed E-state index contributed by atoms with van der Waals surface area (Å²) in [6.45, 7) is 0. The van der Waals surface area contributed by atoms with Gasteiger partial charge < -0.3 is 5.02 Å². The van der Waals surface area contributed by atoms with Crippen molar-refractivity contribution in [2.75, 3.05) is 0 Å². The second-order valence-electron chi connectivity index (χ2n) is 2.55. The van der Waals surface area contributed by atoms with Gasteiger partial charge in [0, 0.05) is 0 Å².